The van der Waals surface area contributed by atoms with E-state index in [-0.39, 0.29) is 12.0 Å². The molecule has 1 fully saturated rings. The van der Waals surface area contributed by atoms with Crippen molar-refractivity contribution in [1.82, 2.24) is 5.32 Å². The highest BCUT2D eigenvalue weighted by molar-refractivity contribution is 5.80. The molecule has 2 atom stereocenters. The van der Waals surface area contributed by atoms with Gasteiger partial charge in [0.05, 0.1) is 13.2 Å². The predicted molar refractivity (Wildman–Crippen MR) is 104 cm³/mol. The van der Waals surface area contributed by atoms with Crippen molar-refractivity contribution >= 4 is 5.91 Å². The third-order valence-corrected chi connectivity index (χ3v) is 4.58. The number of nitrogens with one attached hydrogen (secondary N) is 1. The summed E-state index contributed by atoms with van der Waals surface area (Å²) >= 11 is 0. The molecule has 152 valence electrons. The number of rotatable bonds is 11. The van der Waals surface area contributed by atoms with Crippen LogP contribution in [-0.2, 0) is 20.8 Å². The van der Waals surface area contributed by atoms with Crippen LogP contribution in [0.15, 0.2) is 18.2 Å². The molecule has 0 aromatic heterocycles. The van der Waals surface area contributed by atoms with Crippen LogP contribution in [0.1, 0.15) is 45.6 Å². The number of amides is 1. The first kappa shape index (κ1) is 21.5. The Hall–Kier alpha value is -1.79. The minimum atomic E-state index is -0.459. The zero-order valence-electron chi connectivity index (χ0n) is 17.0. The fourth-order valence-corrected chi connectivity index (χ4v) is 2.79. The van der Waals surface area contributed by atoms with Crippen molar-refractivity contribution in [3.63, 3.8) is 0 Å². The molecule has 27 heavy (non-hydrogen) atoms. The van der Waals surface area contributed by atoms with Crippen molar-refractivity contribution in [2.75, 3.05) is 26.9 Å². The Kier molecular flexibility index (Phi) is 8.88. The van der Waals surface area contributed by atoms with Gasteiger partial charge in [-0.15, -0.1) is 0 Å². The van der Waals surface area contributed by atoms with Crippen LogP contribution in [0.5, 0.6) is 11.5 Å². The largest absolute Gasteiger partial charge is 0.493 e. The number of methoxy groups -OCH3 is 1. The monoisotopic (exact) mass is 379 g/mol. The van der Waals surface area contributed by atoms with Gasteiger partial charge in [0.15, 0.2) is 11.5 Å². The van der Waals surface area contributed by atoms with Crippen molar-refractivity contribution < 1.29 is 23.7 Å². The Morgan fingerprint density at radius 1 is 1.30 bits per heavy atom. The Morgan fingerprint density at radius 2 is 2.11 bits per heavy atom. The summed E-state index contributed by atoms with van der Waals surface area (Å²) in [6.07, 6.45) is 2.76. The van der Waals surface area contributed by atoms with Gasteiger partial charge in [0, 0.05) is 19.8 Å². The molecule has 1 heterocycles. The van der Waals surface area contributed by atoms with Gasteiger partial charge in [0.25, 0.3) is 0 Å². The summed E-state index contributed by atoms with van der Waals surface area (Å²) in [5.74, 6) is 1.79. The van der Waals surface area contributed by atoms with E-state index in [2.05, 4.69) is 19.2 Å². The molecule has 1 saturated heterocycles. The average molecular weight is 379 g/mol. The molecule has 0 radical (unpaired) electrons. The molecule has 0 saturated carbocycles. The van der Waals surface area contributed by atoms with Crippen LogP contribution in [0, 0.1) is 5.92 Å². The second-order valence-electron chi connectivity index (χ2n) is 7.34. The standard InChI is InChI=1S/C21H33NO5/c1-15(2)9-11-25-16(3)21(23)22-13-17-7-8-19(20(12-17)24-4)27-14-18-6-5-10-26-18/h7-8,12,15-16,18H,5-6,9-11,13-14H2,1-4H3,(H,22,23). The molecule has 1 amide bonds. The van der Waals surface area contributed by atoms with Gasteiger partial charge in [-0.05, 0) is 49.8 Å². The lowest BCUT2D eigenvalue weighted by Gasteiger charge is -2.16. The molecule has 0 bridgehead atoms. The number of ether oxygens (including phenoxy) is 4. The van der Waals surface area contributed by atoms with Crippen LogP contribution in [0.25, 0.3) is 0 Å². The fraction of sp³-hybridized carbons (Fsp3) is 0.667. The minimum absolute atomic E-state index is 0.114. The van der Waals surface area contributed by atoms with Crippen LogP contribution >= 0.6 is 0 Å². The molecule has 0 aliphatic carbocycles. The van der Waals surface area contributed by atoms with E-state index in [0.29, 0.717) is 37.2 Å². The van der Waals surface area contributed by atoms with E-state index >= 15 is 0 Å². The van der Waals surface area contributed by atoms with Crippen molar-refractivity contribution in [3.8, 4) is 11.5 Å². The lowest BCUT2D eigenvalue weighted by Crippen LogP contribution is -2.34. The maximum absolute atomic E-state index is 12.2. The molecule has 6 nitrogen and oxygen atoms in total. The summed E-state index contributed by atoms with van der Waals surface area (Å²) in [4.78, 5) is 12.2. The van der Waals surface area contributed by atoms with Gasteiger partial charge in [-0.1, -0.05) is 19.9 Å². The highest BCUT2D eigenvalue weighted by Gasteiger charge is 2.17. The topological polar surface area (TPSA) is 66.0 Å². The van der Waals surface area contributed by atoms with E-state index in [1.165, 1.54) is 0 Å². The number of hydrogen-bond acceptors (Lipinski definition) is 5. The van der Waals surface area contributed by atoms with E-state index < -0.39 is 6.10 Å². The molecule has 0 spiro atoms. The average Bonchev–Trinajstić information content (AvgIpc) is 3.17. The summed E-state index contributed by atoms with van der Waals surface area (Å²) in [6, 6.07) is 5.69. The molecule has 6 heteroatoms. The van der Waals surface area contributed by atoms with E-state index in [9.17, 15) is 4.79 Å². The summed E-state index contributed by atoms with van der Waals surface area (Å²) in [5.41, 5.74) is 0.944. The quantitative estimate of drug-likeness (QED) is 0.639. The summed E-state index contributed by atoms with van der Waals surface area (Å²) in [6.45, 7) is 8.39. The van der Waals surface area contributed by atoms with Crippen molar-refractivity contribution in [1.29, 1.82) is 0 Å². The Balaban J connectivity index is 1.80. The van der Waals surface area contributed by atoms with Gasteiger partial charge in [0.1, 0.15) is 12.7 Å². The van der Waals surface area contributed by atoms with Gasteiger partial charge >= 0.3 is 0 Å². The number of hydrogen-bond donors (Lipinski definition) is 1. The maximum Gasteiger partial charge on any atom is 0.249 e. The zero-order valence-corrected chi connectivity index (χ0v) is 17.0. The van der Waals surface area contributed by atoms with Crippen LogP contribution in [-0.4, -0.2) is 45.0 Å². The highest BCUT2D eigenvalue weighted by Crippen LogP contribution is 2.29. The van der Waals surface area contributed by atoms with Crippen molar-refractivity contribution in [2.24, 2.45) is 5.92 Å². The lowest BCUT2D eigenvalue weighted by atomic mass is 10.1. The number of carbonyl (C=O) groups excluding carboxylic acids is 1. The first-order chi connectivity index (χ1) is 13.0. The second-order valence-corrected chi connectivity index (χ2v) is 7.34. The van der Waals surface area contributed by atoms with Crippen LogP contribution < -0.4 is 14.8 Å². The van der Waals surface area contributed by atoms with Gasteiger partial charge in [0.2, 0.25) is 5.91 Å². The third kappa shape index (κ3) is 7.39. The number of benzene rings is 1. The Labute approximate surface area is 162 Å². The Morgan fingerprint density at radius 3 is 2.78 bits per heavy atom. The third-order valence-electron chi connectivity index (χ3n) is 4.58. The summed E-state index contributed by atoms with van der Waals surface area (Å²) < 4.78 is 22.4. The Bertz CT molecular complexity index is 584. The molecular weight excluding hydrogens is 346 g/mol. The van der Waals surface area contributed by atoms with E-state index in [0.717, 1.165) is 31.4 Å². The van der Waals surface area contributed by atoms with Crippen molar-refractivity contribution in [2.45, 2.75) is 58.8 Å². The summed E-state index contributed by atoms with van der Waals surface area (Å²) in [7, 11) is 1.61. The molecule has 2 unspecified atom stereocenters. The lowest BCUT2D eigenvalue weighted by molar-refractivity contribution is -0.132. The zero-order chi connectivity index (χ0) is 19.6. The van der Waals surface area contributed by atoms with Gasteiger partial charge < -0.3 is 24.3 Å². The van der Waals surface area contributed by atoms with Gasteiger partial charge in [-0.2, -0.15) is 0 Å². The SMILES string of the molecule is COc1cc(CNC(=O)C(C)OCCC(C)C)ccc1OCC1CCCO1. The van der Waals surface area contributed by atoms with E-state index in [1.807, 2.05) is 18.2 Å². The first-order valence-electron chi connectivity index (χ1n) is 9.80. The minimum Gasteiger partial charge on any atom is -0.493 e. The second kappa shape index (κ2) is 11.1. The molecule has 1 aliphatic rings. The molecule has 1 aliphatic heterocycles. The molecule has 2 rings (SSSR count). The molecule has 1 N–H and O–H groups in total. The molecule has 1 aromatic carbocycles. The normalized spacial score (nSPS) is 17.7. The summed E-state index contributed by atoms with van der Waals surface area (Å²) in [5, 5.41) is 2.90. The molecule has 1 aromatic rings. The fourth-order valence-electron chi connectivity index (χ4n) is 2.79. The van der Waals surface area contributed by atoms with Crippen molar-refractivity contribution in [3.05, 3.63) is 23.8 Å². The predicted octanol–water partition coefficient (Wildman–Crippen LogP) is 3.32. The first-order valence-corrected chi connectivity index (χ1v) is 9.80. The van der Waals surface area contributed by atoms with Crippen LogP contribution in [0.3, 0.4) is 0 Å². The number of carbonyl (C=O) groups is 1. The van der Waals surface area contributed by atoms with Crippen LogP contribution in [0.4, 0.5) is 0 Å². The maximum atomic E-state index is 12.2. The highest BCUT2D eigenvalue weighted by atomic mass is 16.5. The van der Waals surface area contributed by atoms with E-state index in [1.54, 1.807) is 14.0 Å². The molecular formula is C21H33NO5. The van der Waals surface area contributed by atoms with E-state index in [4.69, 9.17) is 18.9 Å². The van der Waals surface area contributed by atoms with Gasteiger partial charge in [-0.25, -0.2) is 0 Å². The smallest absolute Gasteiger partial charge is 0.249 e. The van der Waals surface area contributed by atoms with Gasteiger partial charge in [-0.3, -0.25) is 4.79 Å². The van der Waals surface area contributed by atoms with Crippen LogP contribution in [0.2, 0.25) is 0 Å².